The number of nitrogens with zero attached hydrogens (tertiary/aromatic N) is 1. The average Bonchev–Trinajstić information content (AvgIpc) is 3.02. The molecule has 1 heterocycles. The third-order valence-electron chi connectivity index (χ3n) is 3.84. The van der Waals surface area contributed by atoms with Gasteiger partial charge in [-0.05, 0) is 43.7 Å². The van der Waals surface area contributed by atoms with Crippen LogP contribution < -0.4 is 10.6 Å². The molecule has 0 amide bonds. The Kier molecular flexibility index (Phi) is 8.58. The highest BCUT2D eigenvalue weighted by Gasteiger charge is 2.24. The smallest absolute Gasteiger partial charge is 0.191 e. The van der Waals surface area contributed by atoms with E-state index >= 15 is 0 Å². The molecule has 3 N–H and O–H groups in total. The molecule has 2 rings (SSSR count). The van der Waals surface area contributed by atoms with Gasteiger partial charge in [0.1, 0.15) is 0 Å². The van der Waals surface area contributed by atoms with Crippen molar-refractivity contribution < 1.29 is 5.11 Å². The molecule has 1 aliphatic carbocycles. The van der Waals surface area contributed by atoms with E-state index in [9.17, 15) is 5.11 Å². The first kappa shape index (κ1) is 18.7. The monoisotopic (exact) mass is 423 g/mol. The van der Waals surface area contributed by atoms with Gasteiger partial charge in [-0.25, -0.2) is 4.99 Å². The Bertz CT molecular complexity index is 450. The zero-order valence-corrected chi connectivity index (χ0v) is 15.9. The summed E-state index contributed by atoms with van der Waals surface area (Å²) in [6.07, 6.45) is 3.03. The predicted octanol–water partition coefficient (Wildman–Crippen LogP) is 2.89. The van der Waals surface area contributed by atoms with Gasteiger partial charge in [-0.2, -0.15) is 0 Å². The van der Waals surface area contributed by atoms with Gasteiger partial charge in [0, 0.05) is 23.9 Å². The Labute approximate surface area is 148 Å². The van der Waals surface area contributed by atoms with Gasteiger partial charge in [0.15, 0.2) is 5.96 Å². The molecule has 0 radical (unpaired) electrons. The zero-order chi connectivity index (χ0) is 14.4. The minimum absolute atomic E-state index is 0. The highest BCUT2D eigenvalue weighted by Crippen LogP contribution is 2.24. The molecular weight excluding hydrogens is 397 g/mol. The molecular formula is C15H26IN3OS. The largest absolute Gasteiger partial charge is 0.393 e. The number of nitrogens with one attached hydrogen (secondary N) is 2. The van der Waals surface area contributed by atoms with E-state index in [0.717, 1.165) is 38.3 Å². The molecule has 1 aromatic rings. The quantitative estimate of drug-likeness (QED) is 0.388. The Morgan fingerprint density at radius 1 is 1.43 bits per heavy atom. The van der Waals surface area contributed by atoms with Crippen molar-refractivity contribution in [2.45, 2.75) is 45.8 Å². The summed E-state index contributed by atoms with van der Waals surface area (Å²) in [6, 6.07) is 2.13. The second-order valence-corrected chi connectivity index (χ2v) is 6.36. The third-order valence-corrected chi connectivity index (χ3v) is 4.85. The van der Waals surface area contributed by atoms with Gasteiger partial charge in [-0.1, -0.05) is 6.42 Å². The summed E-state index contributed by atoms with van der Waals surface area (Å²) in [7, 11) is 0. The Morgan fingerprint density at radius 2 is 2.24 bits per heavy atom. The normalized spacial score (nSPS) is 22.0. The van der Waals surface area contributed by atoms with Crippen LogP contribution >= 0.6 is 35.3 Å². The summed E-state index contributed by atoms with van der Waals surface area (Å²) >= 11 is 1.75. The number of aliphatic imine (C=N–C) groups is 1. The zero-order valence-electron chi connectivity index (χ0n) is 12.8. The minimum Gasteiger partial charge on any atom is -0.393 e. The van der Waals surface area contributed by atoms with Crippen LogP contribution in [-0.2, 0) is 6.54 Å². The van der Waals surface area contributed by atoms with E-state index in [-0.39, 0.29) is 30.1 Å². The topological polar surface area (TPSA) is 56.7 Å². The fraction of sp³-hybridized carbons (Fsp3) is 0.667. The maximum atomic E-state index is 9.85. The average molecular weight is 423 g/mol. The van der Waals surface area contributed by atoms with Gasteiger partial charge in [0.05, 0.1) is 12.6 Å². The summed E-state index contributed by atoms with van der Waals surface area (Å²) < 4.78 is 0. The van der Waals surface area contributed by atoms with Crippen molar-refractivity contribution in [1.29, 1.82) is 0 Å². The Balaban J connectivity index is 0.00000220. The lowest BCUT2D eigenvalue weighted by molar-refractivity contribution is 0.134. The summed E-state index contributed by atoms with van der Waals surface area (Å²) in [5, 5.41) is 18.6. The number of aliphatic hydroxyl groups excluding tert-OH is 1. The molecule has 1 fully saturated rings. The lowest BCUT2D eigenvalue weighted by Gasteiger charge is -2.17. The first-order valence-electron chi connectivity index (χ1n) is 7.44. The number of halogens is 1. The van der Waals surface area contributed by atoms with Gasteiger partial charge in [0.2, 0.25) is 0 Å². The van der Waals surface area contributed by atoms with Crippen LogP contribution in [0.5, 0.6) is 0 Å². The second-order valence-electron chi connectivity index (χ2n) is 5.36. The molecule has 1 aromatic heterocycles. The van der Waals surface area contributed by atoms with Crippen LogP contribution in [0.4, 0.5) is 0 Å². The van der Waals surface area contributed by atoms with E-state index in [2.05, 4.69) is 40.9 Å². The molecule has 0 spiro atoms. The molecule has 4 nitrogen and oxygen atoms in total. The maximum absolute atomic E-state index is 9.85. The Hall–Kier alpha value is -0.340. The number of rotatable bonds is 5. The van der Waals surface area contributed by atoms with Crippen LogP contribution in [0.2, 0.25) is 0 Å². The third kappa shape index (κ3) is 5.75. The van der Waals surface area contributed by atoms with Crippen molar-refractivity contribution in [3.63, 3.8) is 0 Å². The van der Waals surface area contributed by atoms with E-state index in [4.69, 9.17) is 0 Å². The van der Waals surface area contributed by atoms with Gasteiger partial charge >= 0.3 is 0 Å². The van der Waals surface area contributed by atoms with Crippen molar-refractivity contribution >= 4 is 41.3 Å². The van der Waals surface area contributed by atoms with Crippen LogP contribution in [0, 0.1) is 12.8 Å². The summed E-state index contributed by atoms with van der Waals surface area (Å²) in [4.78, 5) is 5.93. The Morgan fingerprint density at radius 3 is 2.81 bits per heavy atom. The highest BCUT2D eigenvalue weighted by molar-refractivity contribution is 14.0. The number of aliphatic hydroxyl groups is 1. The van der Waals surface area contributed by atoms with E-state index in [0.29, 0.717) is 12.5 Å². The van der Waals surface area contributed by atoms with Crippen molar-refractivity contribution in [2.75, 3.05) is 13.1 Å². The first-order chi connectivity index (χ1) is 9.70. The van der Waals surface area contributed by atoms with Crippen molar-refractivity contribution in [1.82, 2.24) is 10.6 Å². The van der Waals surface area contributed by atoms with Crippen molar-refractivity contribution in [3.05, 3.63) is 21.9 Å². The van der Waals surface area contributed by atoms with Gasteiger partial charge in [0.25, 0.3) is 0 Å². The fourth-order valence-electron chi connectivity index (χ4n) is 2.54. The maximum Gasteiger partial charge on any atom is 0.191 e. The predicted molar refractivity (Wildman–Crippen MR) is 101 cm³/mol. The van der Waals surface area contributed by atoms with Gasteiger partial charge in [-0.3, -0.25) is 0 Å². The molecule has 1 aliphatic rings. The van der Waals surface area contributed by atoms with Gasteiger partial charge < -0.3 is 15.7 Å². The van der Waals surface area contributed by atoms with Crippen LogP contribution in [0.15, 0.2) is 16.4 Å². The molecule has 1 saturated carbocycles. The molecule has 6 heteroatoms. The molecule has 0 aliphatic heterocycles. The van der Waals surface area contributed by atoms with E-state index in [1.54, 1.807) is 11.3 Å². The summed E-state index contributed by atoms with van der Waals surface area (Å²) in [5.74, 6) is 1.21. The van der Waals surface area contributed by atoms with Crippen LogP contribution in [0.3, 0.4) is 0 Å². The van der Waals surface area contributed by atoms with Crippen LogP contribution in [0.1, 0.15) is 36.6 Å². The lowest BCUT2D eigenvalue weighted by atomic mass is 10.1. The molecule has 2 unspecified atom stereocenters. The van der Waals surface area contributed by atoms with E-state index < -0.39 is 0 Å². The molecule has 2 atom stereocenters. The SMILES string of the molecule is CCNC(=NCc1sccc1C)NCC1CCCC1O.I. The molecule has 120 valence electrons. The first-order valence-corrected chi connectivity index (χ1v) is 8.32. The standard InChI is InChI=1S/C15H25N3OS.HI/c1-3-16-15(17-9-12-5-4-6-13(12)19)18-10-14-11(2)7-8-20-14;/h7-8,12-13,19H,3-6,9-10H2,1-2H3,(H2,16,17,18);1H. The van der Waals surface area contributed by atoms with Crippen molar-refractivity contribution in [2.24, 2.45) is 10.9 Å². The van der Waals surface area contributed by atoms with Crippen LogP contribution in [0.25, 0.3) is 0 Å². The summed E-state index contributed by atoms with van der Waals surface area (Å²) in [6.45, 7) is 6.56. The number of hydrogen-bond donors (Lipinski definition) is 3. The number of aryl methyl sites for hydroxylation is 1. The highest BCUT2D eigenvalue weighted by atomic mass is 127. The molecule has 0 saturated heterocycles. The second kappa shape index (κ2) is 9.63. The van der Waals surface area contributed by atoms with Crippen molar-refractivity contribution in [3.8, 4) is 0 Å². The van der Waals surface area contributed by atoms with Crippen LogP contribution in [-0.4, -0.2) is 30.3 Å². The summed E-state index contributed by atoms with van der Waals surface area (Å²) in [5.41, 5.74) is 1.31. The molecule has 0 aromatic carbocycles. The molecule has 0 bridgehead atoms. The lowest BCUT2D eigenvalue weighted by Crippen LogP contribution is -2.41. The number of thiophene rings is 1. The number of guanidine groups is 1. The minimum atomic E-state index is -0.148. The molecule has 21 heavy (non-hydrogen) atoms. The van der Waals surface area contributed by atoms with Gasteiger partial charge in [-0.15, -0.1) is 35.3 Å². The fourth-order valence-corrected chi connectivity index (χ4v) is 3.37. The van der Waals surface area contributed by atoms with E-state index in [1.807, 2.05) is 0 Å². The van der Waals surface area contributed by atoms with E-state index in [1.165, 1.54) is 10.4 Å². The number of hydrogen-bond acceptors (Lipinski definition) is 3.